The molecule has 138 valence electrons. The van der Waals surface area contributed by atoms with Crippen molar-refractivity contribution >= 4 is 38.3 Å². The zero-order valence-electron chi connectivity index (χ0n) is 13.7. The SMILES string of the molecule is CC(=O)Nc1nnc(S(=O)(=O)N2CCC[C@@H]2C(=O)N2CCOCC2)s1. The number of rotatable bonds is 4. The molecule has 1 aromatic rings. The lowest BCUT2D eigenvalue weighted by molar-refractivity contribution is -0.138. The number of hydrogen-bond donors (Lipinski definition) is 1. The molecule has 3 heterocycles. The van der Waals surface area contributed by atoms with Gasteiger partial charge >= 0.3 is 0 Å². The van der Waals surface area contributed by atoms with Gasteiger partial charge in [0.2, 0.25) is 21.3 Å². The van der Waals surface area contributed by atoms with Crippen molar-refractivity contribution in [2.24, 2.45) is 0 Å². The fourth-order valence-electron chi connectivity index (χ4n) is 2.88. The number of nitrogens with zero attached hydrogens (tertiary/aromatic N) is 4. The van der Waals surface area contributed by atoms with Crippen LogP contribution < -0.4 is 5.32 Å². The molecule has 0 unspecified atom stereocenters. The predicted molar refractivity (Wildman–Crippen MR) is 88.5 cm³/mol. The van der Waals surface area contributed by atoms with E-state index in [1.54, 1.807) is 4.90 Å². The summed E-state index contributed by atoms with van der Waals surface area (Å²) in [4.78, 5) is 25.4. The van der Waals surface area contributed by atoms with E-state index in [4.69, 9.17) is 4.74 Å². The van der Waals surface area contributed by atoms with E-state index in [1.165, 1.54) is 11.2 Å². The largest absolute Gasteiger partial charge is 0.378 e. The van der Waals surface area contributed by atoms with Gasteiger partial charge in [0.25, 0.3) is 10.0 Å². The normalized spacial score (nSPS) is 22.1. The Labute approximate surface area is 149 Å². The van der Waals surface area contributed by atoms with Gasteiger partial charge in [0.15, 0.2) is 0 Å². The summed E-state index contributed by atoms with van der Waals surface area (Å²) in [5.74, 6) is -0.558. The molecule has 12 heteroatoms. The fourth-order valence-corrected chi connectivity index (χ4v) is 5.60. The number of anilines is 1. The molecule has 3 rings (SSSR count). The van der Waals surface area contributed by atoms with E-state index in [0.717, 1.165) is 11.3 Å². The molecule has 2 aliphatic heterocycles. The first-order valence-electron chi connectivity index (χ1n) is 7.89. The van der Waals surface area contributed by atoms with Crippen molar-refractivity contribution in [3.8, 4) is 0 Å². The topological polar surface area (TPSA) is 122 Å². The molecule has 0 aliphatic carbocycles. The highest BCUT2D eigenvalue weighted by Gasteiger charge is 2.42. The highest BCUT2D eigenvalue weighted by molar-refractivity contribution is 7.91. The molecule has 0 aromatic carbocycles. The molecule has 0 spiro atoms. The maximum Gasteiger partial charge on any atom is 0.273 e. The number of nitrogens with one attached hydrogen (secondary N) is 1. The molecule has 1 N–H and O–H groups in total. The minimum Gasteiger partial charge on any atom is -0.378 e. The molecule has 10 nitrogen and oxygen atoms in total. The second kappa shape index (κ2) is 7.32. The molecule has 2 amide bonds. The molecular weight excluding hydrogens is 370 g/mol. The third-order valence-corrected chi connectivity index (χ3v) is 7.12. The Balaban J connectivity index is 1.79. The smallest absolute Gasteiger partial charge is 0.273 e. The van der Waals surface area contributed by atoms with Gasteiger partial charge in [0.05, 0.1) is 13.2 Å². The lowest BCUT2D eigenvalue weighted by Crippen LogP contribution is -2.50. The van der Waals surface area contributed by atoms with Crippen LogP contribution in [-0.2, 0) is 24.3 Å². The number of aromatic nitrogens is 2. The molecule has 2 aliphatic rings. The van der Waals surface area contributed by atoms with Gasteiger partial charge in [-0.15, -0.1) is 10.2 Å². The van der Waals surface area contributed by atoms with Crippen LogP contribution in [0.2, 0.25) is 0 Å². The first-order chi connectivity index (χ1) is 11.9. The van der Waals surface area contributed by atoms with Crippen LogP contribution in [0.15, 0.2) is 4.34 Å². The average molecular weight is 389 g/mol. The van der Waals surface area contributed by atoms with Gasteiger partial charge in [-0.3, -0.25) is 9.59 Å². The molecule has 0 bridgehead atoms. The first kappa shape index (κ1) is 18.2. The number of sulfonamides is 1. The number of hydrogen-bond acceptors (Lipinski definition) is 8. The van der Waals surface area contributed by atoms with Gasteiger partial charge in [-0.25, -0.2) is 8.42 Å². The lowest BCUT2D eigenvalue weighted by Gasteiger charge is -2.31. The quantitative estimate of drug-likeness (QED) is 0.690. The van der Waals surface area contributed by atoms with Crippen molar-refractivity contribution in [2.45, 2.75) is 30.1 Å². The van der Waals surface area contributed by atoms with Gasteiger partial charge < -0.3 is 15.0 Å². The highest BCUT2D eigenvalue weighted by atomic mass is 32.2. The van der Waals surface area contributed by atoms with E-state index >= 15 is 0 Å². The Kier molecular flexibility index (Phi) is 5.32. The van der Waals surface area contributed by atoms with E-state index < -0.39 is 16.1 Å². The summed E-state index contributed by atoms with van der Waals surface area (Å²) in [6.07, 6.45) is 1.09. The molecular formula is C13H19N5O5S2. The van der Waals surface area contributed by atoms with Crippen LogP contribution in [0.3, 0.4) is 0 Å². The average Bonchev–Trinajstić information content (AvgIpc) is 3.24. The summed E-state index contributed by atoms with van der Waals surface area (Å²) in [7, 11) is -3.94. The number of carbonyl (C=O) groups excluding carboxylic acids is 2. The van der Waals surface area contributed by atoms with Crippen molar-refractivity contribution in [1.82, 2.24) is 19.4 Å². The van der Waals surface area contributed by atoms with Crippen LogP contribution in [0, 0.1) is 0 Å². The number of amides is 2. The number of ether oxygens (including phenoxy) is 1. The van der Waals surface area contributed by atoms with Crippen LogP contribution in [0.1, 0.15) is 19.8 Å². The predicted octanol–water partition coefficient (Wildman–Crippen LogP) is -0.492. The molecule has 2 fully saturated rings. The Morgan fingerprint density at radius 3 is 2.64 bits per heavy atom. The summed E-state index contributed by atoms with van der Waals surface area (Å²) >= 11 is 0.776. The summed E-state index contributed by atoms with van der Waals surface area (Å²) in [6.45, 7) is 3.41. The van der Waals surface area contributed by atoms with Crippen LogP contribution in [0.5, 0.6) is 0 Å². The van der Waals surface area contributed by atoms with E-state index in [1.807, 2.05) is 0 Å². The number of carbonyl (C=O) groups is 2. The fraction of sp³-hybridized carbons (Fsp3) is 0.692. The van der Waals surface area contributed by atoms with Crippen molar-refractivity contribution in [3.63, 3.8) is 0 Å². The van der Waals surface area contributed by atoms with Crippen molar-refractivity contribution < 1.29 is 22.7 Å². The van der Waals surface area contributed by atoms with E-state index in [2.05, 4.69) is 15.5 Å². The van der Waals surface area contributed by atoms with Gasteiger partial charge in [-0.1, -0.05) is 11.3 Å². The summed E-state index contributed by atoms with van der Waals surface area (Å²) in [6, 6.07) is -0.726. The van der Waals surface area contributed by atoms with E-state index in [9.17, 15) is 18.0 Å². The Morgan fingerprint density at radius 1 is 1.24 bits per heavy atom. The molecule has 2 saturated heterocycles. The molecule has 0 radical (unpaired) electrons. The highest BCUT2D eigenvalue weighted by Crippen LogP contribution is 2.30. The van der Waals surface area contributed by atoms with Crippen molar-refractivity contribution in [2.75, 3.05) is 38.2 Å². The summed E-state index contributed by atoms with van der Waals surface area (Å²) < 4.78 is 31.9. The zero-order valence-corrected chi connectivity index (χ0v) is 15.3. The van der Waals surface area contributed by atoms with E-state index in [-0.39, 0.29) is 27.8 Å². The van der Waals surface area contributed by atoms with Crippen molar-refractivity contribution in [3.05, 3.63) is 0 Å². The maximum atomic E-state index is 12.9. The zero-order chi connectivity index (χ0) is 18.0. The Morgan fingerprint density at radius 2 is 1.96 bits per heavy atom. The van der Waals surface area contributed by atoms with E-state index in [0.29, 0.717) is 39.1 Å². The second-order valence-electron chi connectivity index (χ2n) is 5.77. The third kappa shape index (κ3) is 3.81. The van der Waals surface area contributed by atoms with Crippen LogP contribution >= 0.6 is 11.3 Å². The van der Waals surface area contributed by atoms with Crippen molar-refractivity contribution in [1.29, 1.82) is 0 Å². The summed E-state index contributed by atoms with van der Waals surface area (Å²) in [5, 5.41) is 9.86. The first-order valence-corrected chi connectivity index (χ1v) is 10.1. The van der Waals surface area contributed by atoms with Crippen LogP contribution in [0.25, 0.3) is 0 Å². The second-order valence-corrected chi connectivity index (χ2v) is 8.81. The standard InChI is InChI=1S/C13H19N5O5S2/c1-9(19)14-12-15-16-13(24-12)25(21,22)18-4-2-3-10(18)11(20)17-5-7-23-8-6-17/h10H,2-8H2,1H3,(H,14,15,19)/t10-/m1/s1. The third-order valence-electron chi connectivity index (χ3n) is 4.03. The van der Waals surface area contributed by atoms with Crippen LogP contribution in [-0.4, -0.2) is 78.5 Å². The molecule has 1 atom stereocenters. The lowest BCUT2D eigenvalue weighted by atomic mass is 10.2. The minimum absolute atomic E-state index is 0.112. The Bertz CT molecular complexity index is 759. The maximum absolute atomic E-state index is 12.9. The van der Waals surface area contributed by atoms with Gasteiger partial charge in [-0.2, -0.15) is 4.31 Å². The Hall–Kier alpha value is -1.63. The molecule has 25 heavy (non-hydrogen) atoms. The van der Waals surface area contributed by atoms with Gasteiger partial charge in [0.1, 0.15) is 6.04 Å². The number of morpholine rings is 1. The minimum atomic E-state index is -3.94. The van der Waals surface area contributed by atoms with Gasteiger partial charge in [0, 0.05) is 26.6 Å². The van der Waals surface area contributed by atoms with Crippen LogP contribution in [0.4, 0.5) is 5.13 Å². The molecule has 0 saturated carbocycles. The monoisotopic (exact) mass is 389 g/mol. The molecule has 1 aromatic heterocycles. The van der Waals surface area contributed by atoms with Gasteiger partial charge in [-0.05, 0) is 12.8 Å². The summed E-state index contributed by atoms with van der Waals surface area (Å²) in [5.41, 5.74) is 0.